The fourth-order valence-electron chi connectivity index (χ4n) is 4.50. The highest BCUT2D eigenvalue weighted by molar-refractivity contribution is 6.05. The van der Waals surface area contributed by atoms with E-state index in [1.165, 1.54) is 12.8 Å². The zero-order valence-electron chi connectivity index (χ0n) is 16.3. The molecule has 7 heteroatoms. The molecule has 7 nitrogen and oxygen atoms in total. The van der Waals surface area contributed by atoms with Crippen LogP contribution in [0, 0.1) is 0 Å². The Morgan fingerprint density at radius 1 is 1.18 bits per heavy atom. The molecule has 3 aliphatic heterocycles. The van der Waals surface area contributed by atoms with Gasteiger partial charge >= 0.3 is 0 Å². The van der Waals surface area contributed by atoms with Gasteiger partial charge in [0.25, 0.3) is 5.91 Å². The van der Waals surface area contributed by atoms with Gasteiger partial charge in [-0.3, -0.25) is 24.6 Å². The van der Waals surface area contributed by atoms with Crippen molar-refractivity contribution in [1.29, 1.82) is 0 Å². The Morgan fingerprint density at radius 2 is 2.04 bits per heavy atom. The number of rotatable bonds is 5. The van der Waals surface area contributed by atoms with E-state index in [4.69, 9.17) is 4.74 Å². The number of hydrogen-bond acceptors (Lipinski definition) is 5. The summed E-state index contributed by atoms with van der Waals surface area (Å²) in [6.45, 7) is 5.38. The number of likely N-dealkylation sites (tertiary alicyclic amines) is 1. The summed E-state index contributed by atoms with van der Waals surface area (Å²) in [4.78, 5) is 40.3. The zero-order chi connectivity index (χ0) is 19.7. The molecule has 0 aromatic heterocycles. The second kappa shape index (κ2) is 7.91. The number of carbonyl (C=O) groups excluding carboxylic acids is 3. The monoisotopic (exact) mass is 385 g/mol. The van der Waals surface area contributed by atoms with Crippen LogP contribution in [0.2, 0.25) is 0 Å². The van der Waals surface area contributed by atoms with Crippen molar-refractivity contribution in [1.82, 2.24) is 15.1 Å². The molecule has 28 heavy (non-hydrogen) atoms. The van der Waals surface area contributed by atoms with Gasteiger partial charge in [0.05, 0.1) is 0 Å². The molecule has 2 saturated heterocycles. The number of carbonyl (C=O) groups is 3. The first-order valence-corrected chi connectivity index (χ1v) is 10.2. The van der Waals surface area contributed by atoms with E-state index in [-0.39, 0.29) is 24.1 Å². The summed E-state index contributed by atoms with van der Waals surface area (Å²) in [5, 5.41) is 2.33. The van der Waals surface area contributed by atoms with Gasteiger partial charge in [-0.15, -0.1) is 0 Å². The molecule has 0 spiro atoms. The lowest BCUT2D eigenvalue weighted by Gasteiger charge is -2.34. The smallest absolute Gasteiger partial charge is 0.255 e. The molecule has 2 atom stereocenters. The van der Waals surface area contributed by atoms with Crippen molar-refractivity contribution < 1.29 is 19.1 Å². The summed E-state index contributed by atoms with van der Waals surface area (Å²) < 4.78 is 6.06. The second-order valence-electron chi connectivity index (χ2n) is 7.81. The van der Waals surface area contributed by atoms with Crippen molar-refractivity contribution in [2.45, 2.75) is 57.7 Å². The Morgan fingerprint density at radius 3 is 2.82 bits per heavy atom. The minimum absolute atomic E-state index is 0.152. The fourth-order valence-corrected chi connectivity index (χ4v) is 4.50. The number of hydrogen-bond donors (Lipinski definition) is 1. The molecular weight excluding hydrogens is 358 g/mol. The van der Waals surface area contributed by atoms with Gasteiger partial charge in [0, 0.05) is 24.6 Å². The highest BCUT2D eigenvalue weighted by Gasteiger charge is 2.39. The topological polar surface area (TPSA) is 79.0 Å². The lowest BCUT2D eigenvalue weighted by molar-refractivity contribution is -0.136. The molecular formula is C21H27N3O4. The van der Waals surface area contributed by atoms with Gasteiger partial charge in [-0.2, -0.15) is 0 Å². The van der Waals surface area contributed by atoms with Crippen molar-refractivity contribution >= 4 is 17.7 Å². The van der Waals surface area contributed by atoms with Crippen molar-refractivity contribution in [3.63, 3.8) is 0 Å². The molecule has 0 saturated carbocycles. The molecule has 3 heterocycles. The average molecular weight is 385 g/mol. The second-order valence-corrected chi connectivity index (χ2v) is 7.81. The number of imide groups is 1. The molecule has 1 aromatic carbocycles. The van der Waals surface area contributed by atoms with E-state index in [9.17, 15) is 14.4 Å². The third-order valence-electron chi connectivity index (χ3n) is 6.09. The van der Waals surface area contributed by atoms with Crippen LogP contribution in [0.15, 0.2) is 18.2 Å². The van der Waals surface area contributed by atoms with Crippen LogP contribution in [0.25, 0.3) is 0 Å². The maximum atomic E-state index is 12.7. The Kier molecular flexibility index (Phi) is 5.35. The number of nitrogens with zero attached hydrogens (tertiary/aromatic N) is 2. The molecule has 150 valence electrons. The molecule has 0 bridgehead atoms. The zero-order valence-corrected chi connectivity index (χ0v) is 16.3. The molecule has 0 radical (unpaired) electrons. The highest BCUT2D eigenvalue weighted by Crippen LogP contribution is 2.30. The van der Waals surface area contributed by atoms with Crippen LogP contribution in [0.1, 0.15) is 54.9 Å². The number of amides is 3. The molecule has 4 rings (SSSR count). The minimum Gasteiger partial charge on any atom is -0.492 e. The van der Waals surface area contributed by atoms with Crippen LogP contribution < -0.4 is 10.1 Å². The van der Waals surface area contributed by atoms with E-state index in [0.717, 1.165) is 30.8 Å². The first-order chi connectivity index (χ1) is 13.6. The molecule has 1 aromatic rings. The molecule has 1 N–H and O–H groups in total. The first kappa shape index (κ1) is 18.9. The van der Waals surface area contributed by atoms with Gasteiger partial charge in [0.1, 0.15) is 18.4 Å². The number of likely N-dealkylation sites (N-methyl/N-ethyl adjacent to an activating group) is 1. The number of ether oxygens (including phenoxy) is 1. The Bertz CT molecular complexity index is 794. The summed E-state index contributed by atoms with van der Waals surface area (Å²) in [6.07, 6.45) is 4.29. The summed E-state index contributed by atoms with van der Waals surface area (Å²) in [5.41, 5.74) is 1.49. The highest BCUT2D eigenvalue weighted by atomic mass is 16.5. The predicted molar refractivity (Wildman–Crippen MR) is 103 cm³/mol. The quantitative estimate of drug-likeness (QED) is 0.781. The summed E-state index contributed by atoms with van der Waals surface area (Å²) in [6, 6.07) is 5.40. The van der Waals surface area contributed by atoms with Crippen LogP contribution >= 0.6 is 0 Å². The van der Waals surface area contributed by atoms with Gasteiger partial charge in [-0.05, 0) is 56.1 Å². The largest absolute Gasteiger partial charge is 0.492 e. The standard InChI is InChI=1S/C21H27N3O4/c1-2-23-10-4-3-5-15(23)13-28-16-6-7-17-14(11-16)12-24(21(17)27)18-8-9-19(25)22-20(18)26/h6-7,11,15,18H,2-5,8-10,12-13H2,1H3,(H,22,25,26)/t15-,18+/m0/s1. The molecule has 2 fully saturated rings. The maximum absolute atomic E-state index is 12.7. The van der Waals surface area contributed by atoms with Gasteiger partial charge in [-0.25, -0.2) is 0 Å². The van der Waals surface area contributed by atoms with Crippen LogP contribution in [-0.4, -0.2) is 59.3 Å². The van der Waals surface area contributed by atoms with E-state index >= 15 is 0 Å². The van der Waals surface area contributed by atoms with Crippen LogP contribution in [0.3, 0.4) is 0 Å². The van der Waals surface area contributed by atoms with E-state index in [1.807, 2.05) is 12.1 Å². The number of nitrogens with one attached hydrogen (secondary N) is 1. The van der Waals surface area contributed by atoms with Crippen molar-refractivity contribution in [3.8, 4) is 5.75 Å². The third kappa shape index (κ3) is 3.63. The Hall–Kier alpha value is -2.41. The first-order valence-electron chi connectivity index (χ1n) is 10.2. The van der Waals surface area contributed by atoms with Crippen LogP contribution in [-0.2, 0) is 16.1 Å². The fraction of sp³-hybridized carbons (Fsp3) is 0.571. The Balaban J connectivity index is 1.42. The molecule has 0 aliphatic carbocycles. The van der Waals surface area contributed by atoms with E-state index in [0.29, 0.717) is 31.2 Å². The lowest BCUT2D eigenvalue weighted by Crippen LogP contribution is -2.52. The van der Waals surface area contributed by atoms with E-state index in [1.54, 1.807) is 11.0 Å². The molecule has 3 aliphatic rings. The Labute approximate surface area is 165 Å². The molecule has 3 amide bonds. The van der Waals surface area contributed by atoms with Gasteiger partial charge in [0.15, 0.2) is 0 Å². The SMILES string of the molecule is CCN1CCCC[C@H]1COc1ccc2c(c1)CN([C@@H]1CCC(=O)NC1=O)C2=O. The van der Waals surface area contributed by atoms with Gasteiger partial charge in [0.2, 0.25) is 11.8 Å². The summed E-state index contributed by atoms with van der Waals surface area (Å²) in [5.74, 6) is -0.0467. The summed E-state index contributed by atoms with van der Waals surface area (Å²) in [7, 11) is 0. The lowest BCUT2D eigenvalue weighted by atomic mass is 10.0. The minimum atomic E-state index is -0.581. The van der Waals surface area contributed by atoms with Crippen molar-refractivity contribution in [2.24, 2.45) is 0 Å². The van der Waals surface area contributed by atoms with E-state index < -0.39 is 6.04 Å². The van der Waals surface area contributed by atoms with E-state index in [2.05, 4.69) is 17.1 Å². The normalized spacial score (nSPS) is 25.6. The number of piperidine rings is 2. The maximum Gasteiger partial charge on any atom is 0.255 e. The molecule has 0 unspecified atom stereocenters. The number of fused-ring (bicyclic) bond motifs is 1. The predicted octanol–water partition coefficient (Wildman–Crippen LogP) is 1.70. The number of benzene rings is 1. The van der Waals surface area contributed by atoms with Gasteiger partial charge < -0.3 is 9.64 Å². The van der Waals surface area contributed by atoms with Crippen LogP contribution in [0.5, 0.6) is 5.75 Å². The van der Waals surface area contributed by atoms with Crippen molar-refractivity contribution in [2.75, 3.05) is 19.7 Å². The third-order valence-corrected chi connectivity index (χ3v) is 6.09. The van der Waals surface area contributed by atoms with Gasteiger partial charge in [-0.1, -0.05) is 13.3 Å². The van der Waals surface area contributed by atoms with Crippen molar-refractivity contribution in [3.05, 3.63) is 29.3 Å². The summed E-state index contributed by atoms with van der Waals surface area (Å²) >= 11 is 0. The average Bonchev–Trinajstić information content (AvgIpc) is 3.02. The van der Waals surface area contributed by atoms with Crippen LogP contribution in [0.4, 0.5) is 0 Å².